The van der Waals surface area contributed by atoms with E-state index in [0.29, 0.717) is 5.69 Å². The molecule has 0 spiro atoms. The molecule has 0 heterocycles. The van der Waals surface area contributed by atoms with Crippen molar-refractivity contribution in [1.82, 2.24) is 10.6 Å². The van der Waals surface area contributed by atoms with Gasteiger partial charge in [-0.15, -0.1) is 0 Å². The molecule has 0 fully saturated rings. The number of hydrogen-bond acceptors (Lipinski definition) is 3. The Kier molecular flexibility index (Phi) is 6.44. The van der Waals surface area contributed by atoms with E-state index < -0.39 is 31.1 Å². The maximum Gasteiger partial charge on any atom is 0.405 e. The Labute approximate surface area is 155 Å². The van der Waals surface area contributed by atoms with Crippen LogP contribution in [0.4, 0.5) is 24.5 Å². The molecule has 0 aliphatic rings. The Balaban J connectivity index is 2.05. The Hall–Kier alpha value is -3.03. The number of para-hydroxylation sites is 1. The second-order valence-corrected chi connectivity index (χ2v) is 5.99. The molecular formula is C19H20F3N3O2. The van der Waals surface area contributed by atoms with Crippen LogP contribution in [0.5, 0.6) is 0 Å². The van der Waals surface area contributed by atoms with Crippen molar-refractivity contribution >= 4 is 23.2 Å². The highest BCUT2D eigenvalue weighted by molar-refractivity contribution is 6.01. The highest BCUT2D eigenvalue weighted by atomic mass is 19.4. The molecule has 0 aromatic heterocycles. The van der Waals surface area contributed by atoms with Gasteiger partial charge < -0.3 is 16.0 Å². The van der Waals surface area contributed by atoms with Gasteiger partial charge in [0.2, 0.25) is 5.91 Å². The van der Waals surface area contributed by atoms with Gasteiger partial charge in [-0.1, -0.05) is 24.3 Å². The van der Waals surface area contributed by atoms with E-state index in [2.05, 4.69) is 10.6 Å². The van der Waals surface area contributed by atoms with Gasteiger partial charge in [-0.3, -0.25) is 9.59 Å². The molecule has 0 atom stereocenters. The van der Waals surface area contributed by atoms with Crippen LogP contribution in [0.1, 0.15) is 21.5 Å². The molecule has 5 nitrogen and oxygen atoms in total. The number of amides is 2. The molecule has 2 amide bonds. The monoisotopic (exact) mass is 379 g/mol. The topological polar surface area (TPSA) is 70.2 Å². The lowest BCUT2D eigenvalue weighted by Crippen LogP contribution is -2.41. The third kappa shape index (κ3) is 6.02. The third-order valence-corrected chi connectivity index (χ3v) is 3.94. The van der Waals surface area contributed by atoms with Gasteiger partial charge in [0.05, 0.1) is 17.8 Å². The highest BCUT2D eigenvalue weighted by Gasteiger charge is 2.27. The lowest BCUT2D eigenvalue weighted by Gasteiger charge is -2.15. The van der Waals surface area contributed by atoms with Crippen molar-refractivity contribution in [3.63, 3.8) is 0 Å². The summed E-state index contributed by atoms with van der Waals surface area (Å²) in [5.74, 6) is -1.48. The van der Waals surface area contributed by atoms with Crippen molar-refractivity contribution in [3.05, 3.63) is 59.2 Å². The number of hydrogen-bond donors (Lipinski definition) is 3. The van der Waals surface area contributed by atoms with Gasteiger partial charge in [0.15, 0.2) is 0 Å². The summed E-state index contributed by atoms with van der Waals surface area (Å²) in [6, 6.07) is 12.4. The van der Waals surface area contributed by atoms with Gasteiger partial charge in [-0.2, -0.15) is 13.2 Å². The Morgan fingerprint density at radius 1 is 0.926 bits per heavy atom. The van der Waals surface area contributed by atoms with Crippen LogP contribution in [0.3, 0.4) is 0 Å². The van der Waals surface area contributed by atoms with Crippen LogP contribution in [0, 0.1) is 13.8 Å². The second-order valence-electron chi connectivity index (χ2n) is 5.99. The van der Waals surface area contributed by atoms with Crippen molar-refractivity contribution in [2.24, 2.45) is 0 Å². The fourth-order valence-electron chi connectivity index (χ4n) is 2.34. The number of nitrogens with one attached hydrogen (secondary N) is 3. The number of rotatable bonds is 6. The second kappa shape index (κ2) is 8.57. The van der Waals surface area contributed by atoms with E-state index in [0.717, 1.165) is 16.8 Å². The lowest BCUT2D eigenvalue weighted by atomic mass is 10.1. The van der Waals surface area contributed by atoms with Crippen LogP contribution in [-0.4, -0.2) is 31.1 Å². The fourth-order valence-corrected chi connectivity index (χ4v) is 2.34. The number of carbonyl (C=O) groups excluding carboxylic acids is 2. The van der Waals surface area contributed by atoms with Crippen LogP contribution in [0.25, 0.3) is 0 Å². The zero-order valence-electron chi connectivity index (χ0n) is 14.9. The van der Waals surface area contributed by atoms with Crippen LogP contribution in [0.2, 0.25) is 0 Å². The number of halogens is 3. The molecule has 2 rings (SSSR count). The number of anilines is 2. The van der Waals surface area contributed by atoms with Gasteiger partial charge in [-0.05, 0) is 43.2 Å². The van der Waals surface area contributed by atoms with Crippen LogP contribution in [0.15, 0.2) is 42.5 Å². The van der Waals surface area contributed by atoms with Gasteiger partial charge >= 0.3 is 6.18 Å². The fraction of sp³-hybridized carbons (Fsp3) is 0.263. The quantitative estimate of drug-likeness (QED) is 0.720. The maximum atomic E-state index is 12.4. The van der Waals surface area contributed by atoms with E-state index in [4.69, 9.17) is 0 Å². The minimum Gasteiger partial charge on any atom is -0.355 e. The first-order valence-electron chi connectivity index (χ1n) is 8.21. The average molecular weight is 379 g/mol. The molecular weight excluding hydrogens is 359 g/mol. The Bertz CT molecular complexity index is 835. The van der Waals surface area contributed by atoms with Crippen LogP contribution >= 0.6 is 0 Å². The highest BCUT2D eigenvalue weighted by Crippen LogP contribution is 2.25. The molecule has 0 unspecified atom stereocenters. The molecule has 3 N–H and O–H groups in total. The smallest absolute Gasteiger partial charge is 0.355 e. The average Bonchev–Trinajstić information content (AvgIpc) is 2.61. The molecule has 0 aliphatic carbocycles. The van der Waals surface area contributed by atoms with Gasteiger partial charge in [0, 0.05) is 5.69 Å². The number of alkyl halides is 3. The van der Waals surface area contributed by atoms with Crippen molar-refractivity contribution in [1.29, 1.82) is 0 Å². The zero-order valence-corrected chi connectivity index (χ0v) is 14.9. The lowest BCUT2D eigenvalue weighted by molar-refractivity contribution is -0.137. The molecule has 2 aromatic rings. The predicted molar refractivity (Wildman–Crippen MR) is 97.0 cm³/mol. The van der Waals surface area contributed by atoms with E-state index in [9.17, 15) is 22.8 Å². The molecule has 0 saturated carbocycles. The molecule has 2 aromatic carbocycles. The summed E-state index contributed by atoms with van der Waals surface area (Å²) in [5, 5.41) is 7.22. The summed E-state index contributed by atoms with van der Waals surface area (Å²) in [6.45, 7) is 1.93. The van der Waals surface area contributed by atoms with E-state index in [1.165, 1.54) is 0 Å². The van der Waals surface area contributed by atoms with E-state index in [-0.39, 0.29) is 5.56 Å². The standard InChI is InChI=1S/C19H20F3N3O2/c1-12-6-5-9-15(13(12)2)25-16-8-4-3-7-14(16)18(27)23-10-17(26)24-11-19(20,21)22/h3-9,25H,10-11H2,1-2H3,(H,23,27)(H,24,26). The van der Waals surface area contributed by atoms with E-state index >= 15 is 0 Å². The summed E-state index contributed by atoms with van der Waals surface area (Å²) in [4.78, 5) is 23.8. The molecule has 0 bridgehead atoms. The minimum atomic E-state index is -4.50. The number of aryl methyl sites for hydroxylation is 1. The van der Waals surface area contributed by atoms with Crippen molar-refractivity contribution in [2.45, 2.75) is 20.0 Å². The summed E-state index contributed by atoms with van der Waals surface area (Å²) in [5.41, 5.74) is 3.75. The molecule has 0 saturated heterocycles. The first-order valence-corrected chi connectivity index (χ1v) is 8.21. The van der Waals surface area contributed by atoms with Gasteiger partial charge in [0.1, 0.15) is 6.54 Å². The van der Waals surface area contributed by atoms with Crippen molar-refractivity contribution in [2.75, 3.05) is 18.4 Å². The molecule has 0 aliphatic heterocycles. The molecule has 144 valence electrons. The molecule has 8 heteroatoms. The predicted octanol–water partition coefficient (Wildman–Crippen LogP) is 3.46. The molecule has 27 heavy (non-hydrogen) atoms. The third-order valence-electron chi connectivity index (χ3n) is 3.94. The van der Waals surface area contributed by atoms with Gasteiger partial charge in [-0.25, -0.2) is 0 Å². The molecule has 0 radical (unpaired) electrons. The normalized spacial score (nSPS) is 11.0. The Morgan fingerprint density at radius 2 is 1.59 bits per heavy atom. The van der Waals surface area contributed by atoms with E-state index in [1.54, 1.807) is 29.6 Å². The van der Waals surface area contributed by atoms with E-state index in [1.807, 2.05) is 32.0 Å². The van der Waals surface area contributed by atoms with Crippen LogP contribution < -0.4 is 16.0 Å². The first-order chi connectivity index (χ1) is 12.7. The number of benzene rings is 2. The zero-order chi connectivity index (χ0) is 20.0. The Morgan fingerprint density at radius 3 is 2.30 bits per heavy atom. The SMILES string of the molecule is Cc1cccc(Nc2ccccc2C(=O)NCC(=O)NCC(F)(F)F)c1C. The maximum absolute atomic E-state index is 12.4. The van der Waals surface area contributed by atoms with Crippen molar-refractivity contribution < 1.29 is 22.8 Å². The number of carbonyl (C=O) groups is 2. The summed E-state index contributed by atoms with van der Waals surface area (Å²) < 4.78 is 36.3. The minimum absolute atomic E-state index is 0.280. The van der Waals surface area contributed by atoms with Crippen molar-refractivity contribution in [3.8, 4) is 0 Å². The van der Waals surface area contributed by atoms with Crippen LogP contribution in [-0.2, 0) is 4.79 Å². The van der Waals surface area contributed by atoms with Gasteiger partial charge in [0.25, 0.3) is 5.91 Å². The summed E-state index contributed by atoms with van der Waals surface area (Å²) in [7, 11) is 0. The first kappa shape index (κ1) is 20.3. The summed E-state index contributed by atoms with van der Waals surface area (Å²) >= 11 is 0. The summed E-state index contributed by atoms with van der Waals surface area (Å²) in [6.07, 6.45) is -4.50. The largest absolute Gasteiger partial charge is 0.405 e.